The first-order valence-electron chi connectivity index (χ1n) is 4.34. The smallest absolute Gasteiger partial charge is 0.238 e. The number of amides is 1. The molecule has 1 rings (SSSR count). The summed E-state index contributed by atoms with van der Waals surface area (Å²) in [6.07, 6.45) is 0.395. The van der Waals surface area contributed by atoms with Crippen LogP contribution in [-0.2, 0) is 11.2 Å². The van der Waals surface area contributed by atoms with E-state index >= 15 is 0 Å². The van der Waals surface area contributed by atoms with Gasteiger partial charge in [0.25, 0.3) is 0 Å². The number of aryl methyl sites for hydroxylation is 1. The first kappa shape index (κ1) is 11.2. The van der Waals surface area contributed by atoms with Gasteiger partial charge in [-0.05, 0) is 30.2 Å². The van der Waals surface area contributed by atoms with E-state index in [1.165, 1.54) is 0 Å². The van der Waals surface area contributed by atoms with Crippen molar-refractivity contribution in [3.05, 3.63) is 33.8 Å². The third-order valence-corrected chi connectivity index (χ3v) is 2.42. The average molecular weight is 257 g/mol. The number of nitrogens with one attached hydrogen (secondary N) is 2. The molecule has 4 heteroatoms. The number of rotatable bonds is 3. The topological polar surface area (TPSA) is 41.1 Å². The first-order valence-corrected chi connectivity index (χ1v) is 5.13. The van der Waals surface area contributed by atoms with E-state index in [1.807, 2.05) is 25.1 Å². The number of carbonyl (C=O) groups excluding carboxylic acids is 1. The highest BCUT2D eigenvalue weighted by Gasteiger charge is 2.05. The Kier molecular flexibility index (Phi) is 4.10. The minimum Gasteiger partial charge on any atom is -0.292 e. The summed E-state index contributed by atoms with van der Waals surface area (Å²) in [6, 6.07) is 5.92. The van der Waals surface area contributed by atoms with Crippen LogP contribution in [-0.4, -0.2) is 13.0 Å². The molecule has 0 atom stereocenters. The van der Waals surface area contributed by atoms with Crippen molar-refractivity contribution in [2.75, 3.05) is 7.05 Å². The van der Waals surface area contributed by atoms with Crippen LogP contribution in [0.1, 0.15) is 11.1 Å². The van der Waals surface area contributed by atoms with E-state index in [2.05, 4.69) is 26.8 Å². The van der Waals surface area contributed by atoms with Crippen molar-refractivity contribution in [2.45, 2.75) is 13.3 Å². The molecule has 0 aliphatic carbocycles. The lowest BCUT2D eigenvalue weighted by Crippen LogP contribution is -2.35. The summed E-state index contributed by atoms with van der Waals surface area (Å²) < 4.78 is 0.996. The molecule has 2 N–H and O–H groups in total. The zero-order chi connectivity index (χ0) is 10.6. The SMILES string of the molecule is CNNC(=O)Cc1cc(Br)ccc1C. The highest BCUT2D eigenvalue weighted by atomic mass is 79.9. The predicted molar refractivity (Wildman–Crippen MR) is 59.8 cm³/mol. The molecular weight excluding hydrogens is 244 g/mol. The monoisotopic (exact) mass is 256 g/mol. The molecule has 0 aromatic heterocycles. The van der Waals surface area contributed by atoms with Gasteiger partial charge in [-0.2, -0.15) is 0 Å². The fourth-order valence-corrected chi connectivity index (χ4v) is 1.60. The predicted octanol–water partition coefficient (Wildman–Crippen LogP) is 1.55. The average Bonchev–Trinajstić information content (AvgIpc) is 2.12. The Hall–Kier alpha value is -0.870. The number of hydrazine groups is 1. The van der Waals surface area contributed by atoms with Gasteiger partial charge in [-0.3, -0.25) is 10.2 Å². The van der Waals surface area contributed by atoms with Crippen LogP contribution in [0, 0.1) is 6.92 Å². The van der Waals surface area contributed by atoms with E-state index in [-0.39, 0.29) is 5.91 Å². The van der Waals surface area contributed by atoms with Crippen LogP contribution in [0.5, 0.6) is 0 Å². The summed E-state index contributed by atoms with van der Waals surface area (Å²) in [6.45, 7) is 1.99. The van der Waals surface area contributed by atoms with Crippen LogP contribution in [0.2, 0.25) is 0 Å². The van der Waals surface area contributed by atoms with Crippen molar-refractivity contribution in [3.63, 3.8) is 0 Å². The standard InChI is InChI=1S/C10H13BrN2O/c1-7-3-4-9(11)5-8(7)6-10(14)13-12-2/h3-5,12H,6H2,1-2H3,(H,13,14). The van der Waals surface area contributed by atoms with Gasteiger partial charge >= 0.3 is 0 Å². The summed E-state index contributed by atoms with van der Waals surface area (Å²) in [7, 11) is 1.67. The molecule has 0 saturated carbocycles. The lowest BCUT2D eigenvalue weighted by atomic mass is 10.1. The van der Waals surface area contributed by atoms with E-state index in [1.54, 1.807) is 7.05 Å². The molecule has 0 fully saturated rings. The maximum Gasteiger partial charge on any atom is 0.238 e. The number of hydrogen-bond acceptors (Lipinski definition) is 2. The number of hydrogen-bond donors (Lipinski definition) is 2. The maximum atomic E-state index is 11.3. The van der Waals surface area contributed by atoms with Crippen LogP contribution in [0.3, 0.4) is 0 Å². The van der Waals surface area contributed by atoms with Gasteiger partial charge < -0.3 is 0 Å². The second kappa shape index (κ2) is 5.12. The highest BCUT2D eigenvalue weighted by Crippen LogP contribution is 2.16. The summed E-state index contributed by atoms with van der Waals surface area (Å²) in [5.74, 6) is -0.0336. The Morgan fingerprint density at radius 2 is 2.21 bits per heavy atom. The Morgan fingerprint density at radius 1 is 1.50 bits per heavy atom. The molecule has 0 unspecified atom stereocenters. The number of carbonyl (C=O) groups is 1. The van der Waals surface area contributed by atoms with Crippen molar-refractivity contribution in [2.24, 2.45) is 0 Å². The molecular formula is C10H13BrN2O. The zero-order valence-corrected chi connectivity index (χ0v) is 9.81. The van der Waals surface area contributed by atoms with E-state index < -0.39 is 0 Å². The van der Waals surface area contributed by atoms with Crippen LogP contribution in [0.4, 0.5) is 0 Å². The molecule has 0 aliphatic heterocycles. The van der Waals surface area contributed by atoms with Crippen molar-refractivity contribution in [1.29, 1.82) is 0 Å². The molecule has 0 heterocycles. The summed E-state index contributed by atoms with van der Waals surface area (Å²) in [4.78, 5) is 11.3. The molecule has 0 saturated heterocycles. The maximum absolute atomic E-state index is 11.3. The van der Waals surface area contributed by atoms with Crippen LogP contribution in [0.15, 0.2) is 22.7 Å². The van der Waals surface area contributed by atoms with Gasteiger partial charge in [-0.15, -0.1) is 0 Å². The molecule has 1 aromatic rings. The molecule has 14 heavy (non-hydrogen) atoms. The Bertz CT molecular complexity index is 339. The fourth-order valence-electron chi connectivity index (χ4n) is 1.19. The summed E-state index contributed by atoms with van der Waals surface area (Å²) in [5, 5.41) is 0. The first-order chi connectivity index (χ1) is 6.63. The highest BCUT2D eigenvalue weighted by molar-refractivity contribution is 9.10. The van der Waals surface area contributed by atoms with Crippen molar-refractivity contribution in [1.82, 2.24) is 10.9 Å². The molecule has 0 radical (unpaired) electrons. The Labute approximate surface area is 92.0 Å². The lowest BCUT2D eigenvalue weighted by Gasteiger charge is -2.06. The Balaban J connectivity index is 2.75. The van der Waals surface area contributed by atoms with Gasteiger partial charge in [0.15, 0.2) is 0 Å². The van der Waals surface area contributed by atoms with E-state index in [0.29, 0.717) is 6.42 Å². The van der Waals surface area contributed by atoms with Crippen LogP contribution >= 0.6 is 15.9 Å². The second-order valence-electron chi connectivity index (χ2n) is 3.05. The van der Waals surface area contributed by atoms with Crippen molar-refractivity contribution in [3.8, 4) is 0 Å². The zero-order valence-electron chi connectivity index (χ0n) is 8.23. The molecule has 1 aromatic carbocycles. The van der Waals surface area contributed by atoms with Gasteiger partial charge in [0.1, 0.15) is 0 Å². The third-order valence-electron chi connectivity index (χ3n) is 1.93. The molecule has 0 spiro atoms. The minimum absolute atomic E-state index is 0.0336. The minimum atomic E-state index is -0.0336. The van der Waals surface area contributed by atoms with Gasteiger partial charge in [0.2, 0.25) is 5.91 Å². The van der Waals surface area contributed by atoms with E-state index in [0.717, 1.165) is 15.6 Å². The lowest BCUT2D eigenvalue weighted by molar-refractivity contribution is -0.121. The fraction of sp³-hybridized carbons (Fsp3) is 0.300. The van der Waals surface area contributed by atoms with Crippen LogP contribution < -0.4 is 10.9 Å². The second-order valence-corrected chi connectivity index (χ2v) is 3.96. The van der Waals surface area contributed by atoms with Gasteiger partial charge in [-0.1, -0.05) is 22.0 Å². The van der Waals surface area contributed by atoms with Crippen LogP contribution in [0.25, 0.3) is 0 Å². The molecule has 0 aliphatic rings. The molecule has 0 bridgehead atoms. The quantitative estimate of drug-likeness (QED) is 0.806. The van der Waals surface area contributed by atoms with Gasteiger partial charge in [-0.25, -0.2) is 5.43 Å². The third kappa shape index (κ3) is 3.12. The number of benzene rings is 1. The molecule has 1 amide bonds. The Morgan fingerprint density at radius 3 is 2.86 bits per heavy atom. The van der Waals surface area contributed by atoms with Crippen molar-refractivity contribution >= 4 is 21.8 Å². The van der Waals surface area contributed by atoms with Gasteiger partial charge in [0.05, 0.1) is 6.42 Å². The van der Waals surface area contributed by atoms with E-state index in [9.17, 15) is 4.79 Å². The van der Waals surface area contributed by atoms with E-state index in [4.69, 9.17) is 0 Å². The largest absolute Gasteiger partial charge is 0.292 e. The molecule has 3 nitrogen and oxygen atoms in total. The molecule has 76 valence electrons. The summed E-state index contributed by atoms with van der Waals surface area (Å²) >= 11 is 3.38. The van der Waals surface area contributed by atoms with Gasteiger partial charge in [0, 0.05) is 11.5 Å². The summed E-state index contributed by atoms with van der Waals surface area (Å²) in [5.41, 5.74) is 7.31. The van der Waals surface area contributed by atoms with Crippen molar-refractivity contribution < 1.29 is 4.79 Å². The normalized spacial score (nSPS) is 9.93. The number of halogens is 1.